The van der Waals surface area contributed by atoms with E-state index in [0.29, 0.717) is 12.5 Å². The Labute approximate surface area is 90.5 Å². The van der Waals surface area contributed by atoms with Crippen LogP contribution in [-0.2, 0) is 10.0 Å². The summed E-state index contributed by atoms with van der Waals surface area (Å²) in [4.78, 5) is 0. The molecule has 0 aliphatic heterocycles. The van der Waals surface area contributed by atoms with E-state index in [0.717, 1.165) is 25.7 Å². The van der Waals surface area contributed by atoms with Crippen molar-refractivity contribution in [3.05, 3.63) is 0 Å². The highest BCUT2D eigenvalue weighted by atomic mass is 35.5. The molecule has 0 aromatic rings. The van der Waals surface area contributed by atoms with Crippen molar-refractivity contribution in [2.45, 2.75) is 36.3 Å². The van der Waals surface area contributed by atoms with Crippen LogP contribution in [0.2, 0.25) is 0 Å². The van der Waals surface area contributed by atoms with E-state index in [1.807, 2.05) is 0 Å². The van der Waals surface area contributed by atoms with Crippen LogP contribution in [0.3, 0.4) is 0 Å². The normalized spacial score (nSPS) is 33.1. The monoisotopic (exact) mass is 237 g/mol. The molecule has 2 rings (SSSR count). The van der Waals surface area contributed by atoms with E-state index in [4.69, 9.17) is 11.6 Å². The minimum atomic E-state index is -2.96. The van der Waals surface area contributed by atoms with Crippen molar-refractivity contribution in [3.8, 4) is 0 Å². The van der Waals surface area contributed by atoms with Gasteiger partial charge in [0.2, 0.25) is 10.0 Å². The number of alkyl halides is 1. The second-order valence-corrected chi connectivity index (χ2v) is 7.40. The van der Waals surface area contributed by atoms with Gasteiger partial charge in [0.25, 0.3) is 0 Å². The lowest BCUT2D eigenvalue weighted by Gasteiger charge is -2.33. The maximum atomic E-state index is 11.7. The molecular weight excluding hydrogens is 222 g/mol. The van der Waals surface area contributed by atoms with E-state index in [-0.39, 0.29) is 10.6 Å². The third kappa shape index (κ3) is 2.07. The second kappa shape index (κ2) is 3.65. The molecule has 14 heavy (non-hydrogen) atoms. The number of halogens is 1. The fourth-order valence-electron chi connectivity index (χ4n) is 1.89. The van der Waals surface area contributed by atoms with Crippen molar-refractivity contribution < 1.29 is 8.42 Å². The molecule has 0 heterocycles. The smallest absolute Gasteiger partial charge is 0.212 e. The van der Waals surface area contributed by atoms with Gasteiger partial charge in [-0.3, -0.25) is 0 Å². The van der Waals surface area contributed by atoms with E-state index in [1.165, 1.54) is 4.31 Å². The summed E-state index contributed by atoms with van der Waals surface area (Å²) in [5.41, 5.74) is 0. The average Bonchev–Trinajstić information content (AvgIpc) is 2.83. The van der Waals surface area contributed by atoms with Crippen LogP contribution >= 0.6 is 11.6 Å². The average molecular weight is 238 g/mol. The second-order valence-electron chi connectivity index (χ2n) is 4.46. The van der Waals surface area contributed by atoms with E-state index in [9.17, 15) is 8.42 Å². The summed E-state index contributed by atoms with van der Waals surface area (Å²) in [5, 5.41) is 0.191. The maximum absolute atomic E-state index is 11.7. The van der Waals surface area contributed by atoms with Crippen molar-refractivity contribution in [3.63, 3.8) is 0 Å². The highest BCUT2D eigenvalue weighted by Crippen LogP contribution is 2.35. The molecule has 0 aromatic heterocycles. The van der Waals surface area contributed by atoms with Gasteiger partial charge in [0.05, 0.1) is 5.25 Å². The van der Waals surface area contributed by atoms with Gasteiger partial charge in [0.1, 0.15) is 0 Å². The molecule has 0 atom stereocenters. The molecule has 5 heteroatoms. The van der Waals surface area contributed by atoms with Crippen molar-refractivity contribution in [1.82, 2.24) is 4.31 Å². The lowest BCUT2D eigenvalue weighted by atomic mass is 9.85. The summed E-state index contributed by atoms with van der Waals surface area (Å²) < 4.78 is 25.0. The summed E-state index contributed by atoms with van der Waals surface area (Å²) in [6.45, 7) is 0.655. The van der Waals surface area contributed by atoms with E-state index in [1.54, 1.807) is 7.05 Å². The minimum absolute atomic E-state index is 0.0839. The first-order valence-electron chi connectivity index (χ1n) is 5.09. The first kappa shape index (κ1) is 10.7. The molecule has 2 aliphatic rings. The summed E-state index contributed by atoms with van der Waals surface area (Å²) in [6, 6.07) is 0. The molecule has 0 spiro atoms. The highest BCUT2D eigenvalue weighted by Gasteiger charge is 2.40. The molecule has 0 unspecified atom stereocenters. The summed E-state index contributed by atoms with van der Waals surface area (Å²) in [6.07, 6.45) is 3.61. The molecule has 0 radical (unpaired) electrons. The third-order valence-corrected chi connectivity index (χ3v) is 5.76. The highest BCUT2D eigenvalue weighted by molar-refractivity contribution is 7.90. The fraction of sp³-hybridized carbons (Fsp3) is 1.00. The largest absolute Gasteiger partial charge is 0.216 e. The molecule has 2 aliphatic carbocycles. The quantitative estimate of drug-likeness (QED) is 0.694. The Bertz CT molecular complexity index is 307. The molecule has 0 aromatic carbocycles. The van der Waals surface area contributed by atoms with Crippen molar-refractivity contribution in [2.24, 2.45) is 5.92 Å². The molecule has 0 saturated heterocycles. The van der Waals surface area contributed by atoms with E-state index >= 15 is 0 Å². The number of sulfonamides is 1. The predicted molar refractivity (Wildman–Crippen MR) is 56.9 cm³/mol. The molecule has 0 N–H and O–H groups in total. The lowest BCUT2D eigenvalue weighted by molar-refractivity contribution is 0.268. The standard InChI is InChI=1S/C9H16ClNO2S/c1-11(6-7-4-8(10)5-7)14(12,13)9-2-3-9/h7-9H,2-6H2,1H3. The summed E-state index contributed by atoms with van der Waals surface area (Å²) >= 11 is 5.85. The van der Waals surface area contributed by atoms with Gasteiger partial charge in [-0.15, -0.1) is 11.6 Å². The molecule has 2 fully saturated rings. The Morgan fingerprint density at radius 2 is 1.93 bits per heavy atom. The van der Waals surface area contributed by atoms with E-state index in [2.05, 4.69) is 0 Å². The van der Waals surface area contributed by atoms with Crippen molar-refractivity contribution in [2.75, 3.05) is 13.6 Å². The fourth-order valence-corrected chi connectivity index (χ4v) is 4.05. The first-order chi connectivity index (χ1) is 6.50. The minimum Gasteiger partial charge on any atom is -0.212 e. The first-order valence-corrected chi connectivity index (χ1v) is 7.03. The topological polar surface area (TPSA) is 37.4 Å². The van der Waals surface area contributed by atoms with Gasteiger partial charge in [0, 0.05) is 19.0 Å². The number of hydrogen-bond donors (Lipinski definition) is 0. The zero-order valence-corrected chi connectivity index (χ0v) is 9.89. The molecule has 0 amide bonds. The van der Waals surface area contributed by atoms with Crippen LogP contribution in [0, 0.1) is 5.92 Å². The summed E-state index contributed by atoms with van der Waals surface area (Å²) in [7, 11) is -1.27. The van der Waals surface area contributed by atoms with Gasteiger partial charge >= 0.3 is 0 Å². The van der Waals surface area contributed by atoms with Crippen LogP contribution in [0.15, 0.2) is 0 Å². The van der Waals surface area contributed by atoms with Gasteiger partial charge in [-0.05, 0) is 31.6 Å². The van der Waals surface area contributed by atoms with Crippen LogP contribution in [0.5, 0.6) is 0 Å². The molecular formula is C9H16ClNO2S. The van der Waals surface area contributed by atoms with Gasteiger partial charge in [-0.25, -0.2) is 12.7 Å². The van der Waals surface area contributed by atoms with Crippen LogP contribution in [-0.4, -0.2) is 36.9 Å². The SMILES string of the molecule is CN(CC1CC(Cl)C1)S(=O)(=O)C1CC1. The zero-order chi connectivity index (χ0) is 10.3. The Kier molecular flexibility index (Phi) is 2.79. The van der Waals surface area contributed by atoms with Crippen molar-refractivity contribution >= 4 is 21.6 Å². The van der Waals surface area contributed by atoms with Crippen LogP contribution in [0.4, 0.5) is 0 Å². The molecule has 2 saturated carbocycles. The number of nitrogens with zero attached hydrogens (tertiary/aromatic N) is 1. The third-order valence-electron chi connectivity index (χ3n) is 3.07. The zero-order valence-electron chi connectivity index (χ0n) is 8.32. The van der Waals surface area contributed by atoms with Gasteiger partial charge < -0.3 is 0 Å². The molecule has 82 valence electrons. The predicted octanol–water partition coefficient (Wildman–Crippen LogP) is 1.43. The summed E-state index contributed by atoms with van der Waals surface area (Å²) in [5.74, 6) is 0.482. The maximum Gasteiger partial charge on any atom is 0.216 e. The Morgan fingerprint density at radius 3 is 2.36 bits per heavy atom. The van der Waals surface area contributed by atoms with Crippen LogP contribution in [0.1, 0.15) is 25.7 Å². The van der Waals surface area contributed by atoms with Gasteiger partial charge in [0.15, 0.2) is 0 Å². The number of hydrogen-bond acceptors (Lipinski definition) is 2. The Balaban J connectivity index is 1.86. The molecule has 0 bridgehead atoms. The Hall–Kier alpha value is 0.200. The van der Waals surface area contributed by atoms with Gasteiger partial charge in [-0.2, -0.15) is 0 Å². The van der Waals surface area contributed by atoms with Crippen molar-refractivity contribution in [1.29, 1.82) is 0 Å². The van der Waals surface area contributed by atoms with E-state index < -0.39 is 10.0 Å². The van der Waals surface area contributed by atoms with Crippen LogP contribution in [0.25, 0.3) is 0 Å². The Morgan fingerprint density at radius 1 is 1.36 bits per heavy atom. The molecule has 3 nitrogen and oxygen atoms in total. The van der Waals surface area contributed by atoms with Crippen LogP contribution < -0.4 is 0 Å². The van der Waals surface area contributed by atoms with Gasteiger partial charge in [-0.1, -0.05) is 0 Å². The number of rotatable bonds is 4. The lowest BCUT2D eigenvalue weighted by Crippen LogP contribution is -2.39.